The Balaban J connectivity index is 1.68. The zero-order valence-electron chi connectivity index (χ0n) is 15.1. The van der Waals surface area contributed by atoms with Gasteiger partial charge in [-0.3, -0.25) is 9.59 Å². The molecule has 0 saturated heterocycles. The third kappa shape index (κ3) is 4.38. The topological polar surface area (TPSA) is 94.3 Å². The van der Waals surface area contributed by atoms with Gasteiger partial charge in [0.1, 0.15) is 0 Å². The number of ether oxygens (including phenoxy) is 1. The monoisotopic (exact) mass is 365 g/mol. The second-order valence-corrected chi connectivity index (χ2v) is 5.89. The summed E-state index contributed by atoms with van der Waals surface area (Å²) in [5.74, 6) is 0.196. The van der Waals surface area contributed by atoms with E-state index in [4.69, 9.17) is 4.42 Å². The van der Waals surface area contributed by atoms with Crippen LogP contribution < -0.4 is 5.32 Å². The van der Waals surface area contributed by atoms with Gasteiger partial charge in [-0.05, 0) is 42.8 Å². The number of methoxy groups -OCH3 is 1. The first-order valence-corrected chi connectivity index (χ1v) is 8.43. The predicted octanol–water partition coefficient (Wildman–Crippen LogP) is 3.00. The maximum absolute atomic E-state index is 12.1. The summed E-state index contributed by atoms with van der Waals surface area (Å²) in [4.78, 5) is 23.1. The van der Waals surface area contributed by atoms with Crippen molar-refractivity contribution in [3.63, 3.8) is 0 Å². The van der Waals surface area contributed by atoms with E-state index in [0.29, 0.717) is 22.9 Å². The minimum atomic E-state index is -0.369. The lowest BCUT2D eigenvalue weighted by atomic mass is 10.1. The van der Waals surface area contributed by atoms with Crippen molar-refractivity contribution < 1.29 is 18.7 Å². The molecule has 1 N–H and O–H groups in total. The van der Waals surface area contributed by atoms with Crippen LogP contribution >= 0.6 is 0 Å². The Hall–Kier alpha value is -3.48. The fourth-order valence-electron chi connectivity index (χ4n) is 2.51. The van der Waals surface area contributed by atoms with Gasteiger partial charge in [0.25, 0.3) is 5.91 Å². The number of rotatable bonds is 6. The molecule has 0 aliphatic carbocycles. The molecule has 1 aromatic heterocycles. The summed E-state index contributed by atoms with van der Waals surface area (Å²) in [7, 11) is 1.31. The normalized spacial score (nSPS) is 10.4. The van der Waals surface area contributed by atoms with E-state index in [1.165, 1.54) is 7.11 Å². The van der Waals surface area contributed by atoms with Crippen LogP contribution in [0.25, 0.3) is 22.9 Å². The molecule has 27 heavy (non-hydrogen) atoms. The van der Waals surface area contributed by atoms with Crippen molar-refractivity contribution in [2.75, 3.05) is 13.7 Å². The molecule has 0 aliphatic heterocycles. The van der Waals surface area contributed by atoms with Gasteiger partial charge >= 0.3 is 5.97 Å². The zero-order valence-corrected chi connectivity index (χ0v) is 15.1. The number of carbonyl (C=O) groups is 2. The van der Waals surface area contributed by atoms with Crippen LogP contribution in [0.1, 0.15) is 22.3 Å². The number of aryl methyl sites for hydroxylation is 1. The van der Waals surface area contributed by atoms with Gasteiger partial charge in [-0.2, -0.15) is 0 Å². The van der Waals surface area contributed by atoms with E-state index in [9.17, 15) is 9.59 Å². The second kappa shape index (κ2) is 8.27. The van der Waals surface area contributed by atoms with Crippen molar-refractivity contribution in [1.82, 2.24) is 15.5 Å². The molecular weight excluding hydrogens is 346 g/mol. The summed E-state index contributed by atoms with van der Waals surface area (Å²) in [6.07, 6.45) is 0.129. The number of nitrogens with zero attached hydrogens (tertiary/aromatic N) is 2. The quantitative estimate of drug-likeness (QED) is 0.675. The second-order valence-electron chi connectivity index (χ2n) is 5.89. The number of hydrogen-bond donors (Lipinski definition) is 1. The van der Waals surface area contributed by atoms with Crippen molar-refractivity contribution in [2.24, 2.45) is 0 Å². The minimum absolute atomic E-state index is 0.129. The first-order chi connectivity index (χ1) is 13.1. The Morgan fingerprint density at radius 2 is 1.74 bits per heavy atom. The van der Waals surface area contributed by atoms with Crippen molar-refractivity contribution in [2.45, 2.75) is 13.3 Å². The van der Waals surface area contributed by atoms with Crippen LogP contribution in [0.5, 0.6) is 0 Å². The molecule has 0 saturated carbocycles. The molecule has 0 spiro atoms. The predicted molar refractivity (Wildman–Crippen MR) is 98.9 cm³/mol. The Labute approximate surface area is 156 Å². The average Bonchev–Trinajstić information content (AvgIpc) is 3.18. The summed E-state index contributed by atoms with van der Waals surface area (Å²) >= 11 is 0. The molecule has 0 fully saturated rings. The van der Waals surface area contributed by atoms with Crippen LogP contribution in [0, 0.1) is 6.92 Å². The first-order valence-electron chi connectivity index (χ1n) is 8.43. The fraction of sp³-hybridized carbons (Fsp3) is 0.200. The number of esters is 1. The number of benzene rings is 2. The van der Waals surface area contributed by atoms with Crippen molar-refractivity contribution in [3.05, 3.63) is 59.7 Å². The maximum Gasteiger partial charge on any atom is 0.307 e. The van der Waals surface area contributed by atoms with E-state index in [1.54, 1.807) is 24.3 Å². The molecule has 0 aliphatic rings. The average molecular weight is 365 g/mol. The molecule has 0 unspecified atom stereocenters. The van der Waals surface area contributed by atoms with Crippen molar-refractivity contribution in [3.8, 4) is 22.9 Å². The molecule has 7 nitrogen and oxygen atoms in total. The minimum Gasteiger partial charge on any atom is -0.469 e. The van der Waals surface area contributed by atoms with Crippen LogP contribution in [0.4, 0.5) is 0 Å². The van der Waals surface area contributed by atoms with Crippen LogP contribution in [-0.2, 0) is 9.53 Å². The lowest BCUT2D eigenvalue weighted by molar-refractivity contribution is -0.140. The van der Waals surface area contributed by atoms with Crippen LogP contribution in [0.15, 0.2) is 52.9 Å². The highest BCUT2D eigenvalue weighted by molar-refractivity contribution is 5.94. The van der Waals surface area contributed by atoms with E-state index in [1.807, 2.05) is 31.2 Å². The van der Waals surface area contributed by atoms with Crippen LogP contribution in [-0.4, -0.2) is 35.7 Å². The lowest BCUT2D eigenvalue weighted by Gasteiger charge is -2.05. The SMILES string of the molecule is COC(=O)CCNC(=O)c1ccc(-c2nnc(-c3ccccc3C)o2)cc1. The van der Waals surface area contributed by atoms with Gasteiger partial charge in [0, 0.05) is 23.2 Å². The molecular formula is C20H19N3O4. The summed E-state index contributed by atoms with van der Waals surface area (Å²) in [6.45, 7) is 2.20. The van der Waals surface area contributed by atoms with E-state index >= 15 is 0 Å². The van der Waals surface area contributed by atoms with Crippen molar-refractivity contribution in [1.29, 1.82) is 0 Å². The maximum atomic E-state index is 12.1. The van der Waals surface area contributed by atoms with Gasteiger partial charge in [-0.25, -0.2) is 0 Å². The van der Waals surface area contributed by atoms with E-state index in [-0.39, 0.29) is 24.8 Å². The molecule has 0 radical (unpaired) electrons. The van der Waals surface area contributed by atoms with Crippen molar-refractivity contribution >= 4 is 11.9 Å². The smallest absolute Gasteiger partial charge is 0.307 e. The third-order valence-electron chi connectivity index (χ3n) is 4.04. The number of nitrogens with one attached hydrogen (secondary N) is 1. The molecule has 2 aromatic carbocycles. The van der Waals surface area contributed by atoms with Gasteiger partial charge in [-0.1, -0.05) is 18.2 Å². The Morgan fingerprint density at radius 3 is 2.44 bits per heavy atom. The highest BCUT2D eigenvalue weighted by atomic mass is 16.5. The molecule has 0 bridgehead atoms. The van der Waals surface area contributed by atoms with E-state index in [2.05, 4.69) is 20.3 Å². The molecule has 0 atom stereocenters. The molecule has 3 rings (SSSR count). The summed E-state index contributed by atoms with van der Waals surface area (Å²) in [5, 5.41) is 10.9. The molecule has 3 aromatic rings. The Kier molecular flexibility index (Phi) is 5.61. The highest BCUT2D eigenvalue weighted by Gasteiger charge is 2.13. The van der Waals surface area contributed by atoms with Gasteiger partial charge in [-0.15, -0.1) is 10.2 Å². The highest BCUT2D eigenvalue weighted by Crippen LogP contribution is 2.26. The van der Waals surface area contributed by atoms with E-state index < -0.39 is 0 Å². The van der Waals surface area contributed by atoms with Gasteiger partial charge in [0.05, 0.1) is 13.5 Å². The summed E-state index contributed by atoms with van der Waals surface area (Å²) in [6, 6.07) is 14.6. The standard InChI is InChI=1S/C20H19N3O4/c1-13-5-3-4-6-16(13)20-23-22-19(27-20)15-9-7-14(8-10-15)18(25)21-12-11-17(24)26-2/h3-10H,11-12H2,1-2H3,(H,21,25). The summed E-state index contributed by atoms with van der Waals surface area (Å²) < 4.78 is 10.3. The number of amides is 1. The van der Waals surface area contributed by atoms with Crippen LogP contribution in [0.3, 0.4) is 0 Å². The van der Waals surface area contributed by atoms with E-state index in [0.717, 1.165) is 11.1 Å². The first kappa shape index (κ1) is 18.3. The summed E-state index contributed by atoms with van der Waals surface area (Å²) in [5.41, 5.74) is 3.13. The molecule has 138 valence electrons. The van der Waals surface area contributed by atoms with Gasteiger partial charge < -0.3 is 14.5 Å². The lowest BCUT2D eigenvalue weighted by Crippen LogP contribution is -2.26. The fourth-order valence-corrected chi connectivity index (χ4v) is 2.51. The molecule has 1 amide bonds. The number of aromatic nitrogens is 2. The molecule has 1 heterocycles. The Bertz CT molecular complexity index is 948. The largest absolute Gasteiger partial charge is 0.469 e. The Morgan fingerprint density at radius 1 is 1.04 bits per heavy atom. The molecule has 7 heteroatoms. The van der Waals surface area contributed by atoms with Gasteiger partial charge in [0.2, 0.25) is 11.8 Å². The number of carbonyl (C=O) groups excluding carboxylic acids is 2. The number of hydrogen-bond acceptors (Lipinski definition) is 6. The third-order valence-corrected chi connectivity index (χ3v) is 4.04. The van der Waals surface area contributed by atoms with Gasteiger partial charge in [0.15, 0.2) is 0 Å². The zero-order chi connectivity index (χ0) is 19.2. The van der Waals surface area contributed by atoms with Crippen LogP contribution in [0.2, 0.25) is 0 Å².